The molecule has 1 amide bonds. The van der Waals surface area contributed by atoms with Crippen LogP contribution in [-0.4, -0.2) is 61.6 Å². The molecule has 192 valence electrons. The maximum absolute atomic E-state index is 13.5. The molecule has 1 fully saturated rings. The lowest BCUT2D eigenvalue weighted by Crippen LogP contribution is -2.43. The van der Waals surface area contributed by atoms with Crippen molar-refractivity contribution >= 4 is 40.4 Å². The van der Waals surface area contributed by atoms with Gasteiger partial charge in [0.1, 0.15) is 22.9 Å². The minimum absolute atomic E-state index is 0.0162. The van der Waals surface area contributed by atoms with Gasteiger partial charge in [-0.2, -0.15) is 0 Å². The second kappa shape index (κ2) is 11.9. The molecule has 9 nitrogen and oxygen atoms in total. The summed E-state index contributed by atoms with van der Waals surface area (Å²) in [6, 6.07) is 7.11. The van der Waals surface area contributed by atoms with Gasteiger partial charge in [0, 0.05) is 37.0 Å². The van der Waals surface area contributed by atoms with E-state index in [4.69, 9.17) is 48.5 Å². The summed E-state index contributed by atoms with van der Waals surface area (Å²) in [5, 5.41) is 3.76. The first-order chi connectivity index (χ1) is 17.4. The molecule has 0 aliphatic carbocycles. The number of nitrogens with zero attached hydrogens (tertiary/aromatic N) is 2. The van der Waals surface area contributed by atoms with E-state index in [1.807, 2.05) is 13.0 Å². The van der Waals surface area contributed by atoms with Crippen LogP contribution in [0.25, 0.3) is 0 Å². The zero-order chi connectivity index (χ0) is 25.7. The number of nitrogens with one attached hydrogen (secondary N) is 1. The number of benzene rings is 1. The number of ether oxygens (including phenoxy) is 4. The Labute approximate surface area is 220 Å². The molecule has 2 aliphatic rings. The van der Waals surface area contributed by atoms with Crippen LogP contribution in [0.2, 0.25) is 5.02 Å². The number of thiocarbonyl (C=S) groups is 1. The number of rotatable bonds is 9. The molecular weight excluding hydrogens is 504 g/mol. The molecule has 2 atom stereocenters. The van der Waals surface area contributed by atoms with Gasteiger partial charge in [-0.1, -0.05) is 29.9 Å². The largest absolute Gasteiger partial charge is 0.493 e. The highest BCUT2D eigenvalue weighted by Crippen LogP contribution is 2.37. The first-order valence-corrected chi connectivity index (χ1v) is 12.4. The van der Waals surface area contributed by atoms with Gasteiger partial charge >= 0.3 is 0 Å². The Bertz CT molecular complexity index is 1160. The summed E-state index contributed by atoms with van der Waals surface area (Å²) >= 11 is 11.5. The second-order valence-electron chi connectivity index (χ2n) is 8.36. The van der Waals surface area contributed by atoms with Crippen LogP contribution in [0.15, 0.2) is 47.9 Å². The molecule has 11 heteroatoms. The number of hydrogen-bond donors (Lipinski definition) is 2. The van der Waals surface area contributed by atoms with Gasteiger partial charge in [-0.3, -0.25) is 9.78 Å². The van der Waals surface area contributed by atoms with Gasteiger partial charge in [-0.05, 0) is 25.1 Å². The van der Waals surface area contributed by atoms with Crippen molar-refractivity contribution in [2.45, 2.75) is 32.1 Å². The quantitative estimate of drug-likeness (QED) is 0.471. The lowest BCUT2D eigenvalue weighted by Gasteiger charge is -2.32. The minimum atomic E-state index is -0.314. The van der Waals surface area contributed by atoms with Crippen LogP contribution in [0.3, 0.4) is 0 Å². The van der Waals surface area contributed by atoms with Gasteiger partial charge < -0.3 is 34.9 Å². The van der Waals surface area contributed by atoms with Gasteiger partial charge in [0.05, 0.1) is 49.4 Å². The Morgan fingerprint density at radius 1 is 1.39 bits per heavy atom. The summed E-state index contributed by atoms with van der Waals surface area (Å²) < 4.78 is 22.8. The summed E-state index contributed by atoms with van der Waals surface area (Å²) in [4.78, 5) is 19.3. The highest BCUT2D eigenvalue weighted by atomic mass is 35.5. The van der Waals surface area contributed by atoms with Crippen LogP contribution in [0.5, 0.6) is 11.5 Å². The molecule has 1 saturated heterocycles. The van der Waals surface area contributed by atoms with Crippen molar-refractivity contribution in [3.05, 3.63) is 58.5 Å². The summed E-state index contributed by atoms with van der Waals surface area (Å²) in [6.45, 7) is 4.35. The molecule has 1 aromatic carbocycles. The third kappa shape index (κ3) is 5.73. The van der Waals surface area contributed by atoms with E-state index in [0.29, 0.717) is 67.2 Å². The molecule has 2 aromatic rings. The third-order valence-corrected chi connectivity index (χ3v) is 6.58. The predicted octanol–water partition coefficient (Wildman–Crippen LogP) is 2.99. The molecule has 0 bridgehead atoms. The fourth-order valence-electron chi connectivity index (χ4n) is 4.20. The zero-order valence-corrected chi connectivity index (χ0v) is 21.7. The van der Waals surface area contributed by atoms with Crippen LogP contribution < -0.4 is 25.4 Å². The first-order valence-electron chi connectivity index (χ1n) is 11.6. The minimum Gasteiger partial charge on any atom is -0.493 e. The lowest BCUT2D eigenvalue weighted by atomic mass is 10.0. The SMILES string of the molecule is COc1c(Cl)cccc1N1CCC(NCc2ccncc2O[C@H](C)C2COCCO2)=C(C(N)=S)C1=O. The van der Waals surface area contributed by atoms with E-state index in [-0.39, 0.29) is 28.7 Å². The van der Waals surface area contributed by atoms with Crippen molar-refractivity contribution < 1.29 is 23.7 Å². The summed E-state index contributed by atoms with van der Waals surface area (Å²) in [7, 11) is 1.51. The molecule has 2 aliphatic heterocycles. The highest BCUT2D eigenvalue weighted by Gasteiger charge is 2.32. The van der Waals surface area contributed by atoms with Crippen LogP contribution in [0.1, 0.15) is 18.9 Å². The molecule has 1 unspecified atom stereocenters. The lowest BCUT2D eigenvalue weighted by molar-refractivity contribution is -0.122. The Hall–Kier alpha value is -2.92. The van der Waals surface area contributed by atoms with Crippen molar-refractivity contribution in [1.82, 2.24) is 10.3 Å². The van der Waals surface area contributed by atoms with Crippen LogP contribution in [0.4, 0.5) is 5.69 Å². The Morgan fingerprint density at radius 2 is 2.22 bits per heavy atom. The number of nitrogens with two attached hydrogens (primary N) is 1. The Balaban J connectivity index is 1.52. The van der Waals surface area contributed by atoms with Crippen LogP contribution >= 0.6 is 23.8 Å². The topological polar surface area (TPSA) is 108 Å². The number of carbonyl (C=O) groups is 1. The van der Waals surface area contributed by atoms with Gasteiger partial charge in [0.25, 0.3) is 5.91 Å². The van der Waals surface area contributed by atoms with E-state index in [0.717, 1.165) is 5.56 Å². The predicted molar refractivity (Wildman–Crippen MR) is 141 cm³/mol. The van der Waals surface area contributed by atoms with Gasteiger partial charge in [0.15, 0.2) is 5.75 Å². The van der Waals surface area contributed by atoms with Crippen molar-refractivity contribution in [3.8, 4) is 11.5 Å². The van der Waals surface area contributed by atoms with Gasteiger partial charge in [-0.15, -0.1) is 0 Å². The summed E-state index contributed by atoms with van der Waals surface area (Å²) in [5.74, 6) is 0.730. The number of amides is 1. The molecule has 36 heavy (non-hydrogen) atoms. The molecule has 0 saturated carbocycles. The molecule has 3 N–H and O–H groups in total. The molecular formula is C25H29ClN4O5S. The summed E-state index contributed by atoms with van der Waals surface area (Å²) in [5.41, 5.74) is 8.37. The molecule has 4 rings (SSSR count). The van der Waals surface area contributed by atoms with Crippen molar-refractivity contribution in [2.75, 3.05) is 38.4 Å². The van der Waals surface area contributed by atoms with E-state index in [1.54, 1.807) is 35.5 Å². The third-order valence-electron chi connectivity index (χ3n) is 6.07. The van der Waals surface area contributed by atoms with E-state index < -0.39 is 0 Å². The monoisotopic (exact) mass is 532 g/mol. The van der Waals surface area contributed by atoms with E-state index >= 15 is 0 Å². The Morgan fingerprint density at radius 3 is 2.94 bits per heavy atom. The van der Waals surface area contributed by atoms with Crippen LogP contribution in [-0.2, 0) is 20.8 Å². The average molecular weight is 533 g/mol. The fourth-order valence-corrected chi connectivity index (χ4v) is 4.66. The molecule has 0 spiro atoms. The number of carbonyl (C=O) groups excluding carboxylic acids is 1. The number of pyridine rings is 1. The fraction of sp³-hybridized carbons (Fsp3) is 0.400. The normalized spacial score (nSPS) is 19.1. The average Bonchev–Trinajstić information content (AvgIpc) is 2.88. The standard InChI is InChI=1S/C25H29ClN4O5S/c1-15(21-14-33-10-11-34-21)35-20-13-28-8-6-16(20)12-29-18-7-9-30(25(31)22(18)24(27)36)19-5-3-4-17(26)23(19)32-2/h3-6,8,13,15,21,29H,7,9-12,14H2,1-2H3,(H2,27,36)/t15-,21?/m1/s1. The van der Waals surface area contributed by atoms with Crippen molar-refractivity contribution in [2.24, 2.45) is 5.73 Å². The van der Waals surface area contributed by atoms with Crippen molar-refractivity contribution in [3.63, 3.8) is 0 Å². The van der Waals surface area contributed by atoms with E-state index in [2.05, 4.69) is 10.3 Å². The number of halogens is 1. The zero-order valence-electron chi connectivity index (χ0n) is 20.2. The van der Waals surface area contributed by atoms with Gasteiger partial charge in [0.2, 0.25) is 0 Å². The number of methoxy groups -OCH3 is 1. The van der Waals surface area contributed by atoms with Crippen LogP contribution in [0, 0.1) is 0 Å². The summed E-state index contributed by atoms with van der Waals surface area (Å²) in [6.07, 6.45) is 3.49. The maximum Gasteiger partial charge on any atom is 0.263 e. The number of anilines is 1. The maximum atomic E-state index is 13.5. The highest BCUT2D eigenvalue weighted by molar-refractivity contribution is 7.80. The van der Waals surface area contributed by atoms with E-state index in [1.165, 1.54) is 7.11 Å². The molecule has 3 heterocycles. The number of hydrogen-bond acceptors (Lipinski definition) is 8. The molecule has 0 radical (unpaired) electrons. The molecule has 1 aromatic heterocycles. The van der Waals surface area contributed by atoms with Gasteiger partial charge in [-0.25, -0.2) is 0 Å². The smallest absolute Gasteiger partial charge is 0.263 e. The van der Waals surface area contributed by atoms with Crippen molar-refractivity contribution in [1.29, 1.82) is 0 Å². The number of aromatic nitrogens is 1. The van der Waals surface area contributed by atoms with E-state index in [9.17, 15) is 4.79 Å². The first kappa shape index (κ1) is 26.2. The number of para-hydroxylation sites is 1. The Kier molecular flexibility index (Phi) is 8.63. The second-order valence-corrected chi connectivity index (χ2v) is 9.21.